The van der Waals surface area contributed by atoms with E-state index < -0.39 is 10.0 Å². The van der Waals surface area contributed by atoms with Gasteiger partial charge in [0.25, 0.3) is 0 Å². The van der Waals surface area contributed by atoms with Crippen molar-refractivity contribution < 1.29 is 13.2 Å². The van der Waals surface area contributed by atoms with Crippen LogP contribution in [0.1, 0.15) is 30.9 Å². The van der Waals surface area contributed by atoms with Gasteiger partial charge < -0.3 is 4.90 Å². The predicted octanol–water partition coefficient (Wildman–Crippen LogP) is 1.97. The SMILES string of the molecule is C=CC(=O)N1CCN(S(=O)(=O)c2ccc3c(c2)CCC3)C[C@H]1CC. The molecule has 1 aliphatic heterocycles. The summed E-state index contributed by atoms with van der Waals surface area (Å²) >= 11 is 0. The van der Waals surface area contributed by atoms with Crippen LogP contribution in [-0.4, -0.2) is 49.2 Å². The van der Waals surface area contributed by atoms with Crippen LogP contribution in [0.25, 0.3) is 0 Å². The zero-order valence-electron chi connectivity index (χ0n) is 14.1. The summed E-state index contributed by atoms with van der Waals surface area (Å²) in [5.74, 6) is -0.128. The Kier molecular flexibility index (Phi) is 4.78. The molecule has 0 spiro atoms. The average molecular weight is 348 g/mol. The van der Waals surface area contributed by atoms with Crippen LogP contribution in [-0.2, 0) is 27.7 Å². The molecule has 1 aromatic carbocycles. The van der Waals surface area contributed by atoms with E-state index >= 15 is 0 Å². The highest BCUT2D eigenvalue weighted by atomic mass is 32.2. The minimum atomic E-state index is -3.51. The first-order valence-electron chi connectivity index (χ1n) is 8.52. The van der Waals surface area contributed by atoms with Crippen LogP contribution in [0.5, 0.6) is 0 Å². The second-order valence-corrected chi connectivity index (χ2v) is 8.38. The Morgan fingerprint density at radius 1 is 1.29 bits per heavy atom. The molecule has 130 valence electrons. The van der Waals surface area contributed by atoms with Gasteiger partial charge in [-0.05, 0) is 55.0 Å². The Morgan fingerprint density at radius 3 is 2.75 bits per heavy atom. The number of fused-ring (bicyclic) bond motifs is 1. The molecule has 0 aromatic heterocycles. The van der Waals surface area contributed by atoms with E-state index in [4.69, 9.17) is 0 Å². The first-order valence-corrected chi connectivity index (χ1v) is 9.96. The highest BCUT2D eigenvalue weighted by molar-refractivity contribution is 7.89. The molecule has 1 saturated heterocycles. The summed E-state index contributed by atoms with van der Waals surface area (Å²) in [6, 6.07) is 5.40. The van der Waals surface area contributed by atoms with Gasteiger partial charge in [-0.3, -0.25) is 4.79 Å². The van der Waals surface area contributed by atoms with E-state index in [-0.39, 0.29) is 11.9 Å². The summed E-state index contributed by atoms with van der Waals surface area (Å²) in [6.45, 7) is 6.58. The van der Waals surface area contributed by atoms with Gasteiger partial charge in [0.15, 0.2) is 0 Å². The first-order chi connectivity index (χ1) is 11.5. The topological polar surface area (TPSA) is 57.7 Å². The summed E-state index contributed by atoms with van der Waals surface area (Å²) in [6.07, 6.45) is 5.11. The standard InChI is InChI=1S/C18H24N2O3S/c1-3-16-13-19(10-11-20(16)18(21)4-2)24(22,23)17-9-8-14-6-5-7-15(14)12-17/h4,8-9,12,16H,2-3,5-7,10-11,13H2,1H3/t16-/m1/s1. The molecule has 2 aliphatic rings. The van der Waals surface area contributed by atoms with E-state index in [9.17, 15) is 13.2 Å². The summed E-state index contributed by atoms with van der Waals surface area (Å²) in [5, 5.41) is 0. The number of sulfonamides is 1. The third-order valence-corrected chi connectivity index (χ3v) is 6.94. The van der Waals surface area contributed by atoms with Gasteiger partial charge in [0.05, 0.1) is 4.90 Å². The van der Waals surface area contributed by atoms with Gasteiger partial charge in [-0.15, -0.1) is 0 Å². The van der Waals surface area contributed by atoms with Gasteiger partial charge in [-0.25, -0.2) is 8.42 Å². The Hall–Kier alpha value is -1.66. The minimum absolute atomic E-state index is 0.103. The fourth-order valence-electron chi connectivity index (χ4n) is 3.66. The predicted molar refractivity (Wildman–Crippen MR) is 93.2 cm³/mol. The van der Waals surface area contributed by atoms with Gasteiger partial charge in [0.1, 0.15) is 0 Å². The molecular weight excluding hydrogens is 324 g/mol. The number of rotatable bonds is 4. The lowest BCUT2D eigenvalue weighted by Crippen LogP contribution is -2.55. The Balaban J connectivity index is 1.83. The van der Waals surface area contributed by atoms with E-state index in [0.717, 1.165) is 31.2 Å². The van der Waals surface area contributed by atoms with Crippen molar-refractivity contribution in [3.05, 3.63) is 42.0 Å². The fourth-order valence-corrected chi connectivity index (χ4v) is 5.18. The molecule has 24 heavy (non-hydrogen) atoms. The normalized spacial score (nSPS) is 21.5. The molecule has 0 saturated carbocycles. The Morgan fingerprint density at radius 2 is 2.04 bits per heavy atom. The van der Waals surface area contributed by atoms with Crippen molar-refractivity contribution in [1.29, 1.82) is 0 Å². The summed E-state index contributed by atoms with van der Waals surface area (Å²) < 4.78 is 27.5. The van der Waals surface area contributed by atoms with Gasteiger partial charge in [-0.1, -0.05) is 19.6 Å². The molecule has 0 unspecified atom stereocenters. The average Bonchev–Trinajstić information content (AvgIpc) is 3.08. The van der Waals surface area contributed by atoms with E-state index in [1.165, 1.54) is 15.9 Å². The molecule has 0 radical (unpaired) electrons. The van der Waals surface area contributed by atoms with Crippen LogP contribution in [0, 0.1) is 0 Å². The van der Waals surface area contributed by atoms with Crippen LogP contribution in [0.2, 0.25) is 0 Å². The van der Waals surface area contributed by atoms with Gasteiger partial charge in [0.2, 0.25) is 15.9 Å². The third-order valence-electron chi connectivity index (χ3n) is 5.08. The van der Waals surface area contributed by atoms with Gasteiger partial charge in [-0.2, -0.15) is 4.31 Å². The zero-order valence-corrected chi connectivity index (χ0v) is 14.9. The second-order valence-electron chi connectivity index (χ2n) is 6.44. The molecular formula is C18H24N2O3S. The third kappa shape index (κ3) is 3.00. The molecule has 1 aromatic rings. The number of piperazine rings is 1. The number of carbonyl (C=O) groups is 1. The maximum atomic E-state index is 13.0. The van der Waals surface area contributed by atoms with Crippen molar-refractivity contribution in [3.63, 3.8) is 0 Å². The lowest BCUT2D eigenvalue weighted by atomic mass is 10.1. The molecule has 5 nitrogen and oxygen atoms in total. The molecule has 1 fully saturated rings. The largest absolute Gasteiger partial charge is 0.334 e. The van der Waals surface area contributed by atoms with Crippen LogP contribution in [0.3, 0.4) is 0 Å². The van der Waals surface area contributed by atoms with Crippen LogP contribution >= 0.6 is 0 Å². The van der Waals surface area contributed by atoms with Crippen molar-refractivity contribution >= 4 is 15.9 Å². The second kappa shape index (κ2) is 6.69. The van der Waals surface area contributed by atoms with Crippen molar-refractivity contribution in [1.82, 2.24) is 9.21 Å². The maximum absolute atomic E-state index is 13.0. The number of amides is 1. The van der Waals surface area contributed by atoms with E-state index in [1.54, 1.807) is 11.0 Å². The van der Waals surface area contributed by atoms with Crippen LogP contribution in [0.4, 0.5) is 0 Å². The van der Waals surface area contributed by atoms with Crippen molar-refractivity contribution in [2.24, 2.45) is 0 Å². The summed E-state index contributed by atoms with van der Waals surface area (Å²) in [5.41, 5.74) is 2.42. The van der Waals surface area contributed by atoms with Gasteiger partial charge in [0, 0.05) is 25.7 Å². The monoisotopic (exact) mass is 348 g/mol. The van der Waals surface area contributed by atoms with E-state index in [2.05, 4.69) is 6.58 Å². The zero-order chi connectivity index (χ0) is 17.3. The molecule has 1 heterocycles. The van der Waals surface area contributed by atoms with E-state index in [0.29, 0.717) is 24.5 Å². The lowest BCUT2D eigenvalue weighted by Gasteiger charge is -2.40. The molecule has 3 rings (SSSR count). The number of carbonyl (C=O) groups excluding carboxylic acids is 1. The first kappa shape index (κ1) is 17.2. The molecule has 0 bridgehead atoms. The van der Waals surface area contributed by atoms with Gasteiger partial charge >= 0.3 is 0 Å². The highest BCUT2D eigenvalue weighted by Crippen LogP contribution is 2.27. The lowest BCUT2D eigenvalue weighted by molar-refractivity contribution is -0.130. The quantitative estimate of drug-likeness (QED) is 0.782. The summed E-state index contributed by atoms with van der Waals surface area (Å²) in [7, 11) is -3.51. The maximum Gasteiger partial charge on any atom is 0.246 e. The van der Waals surface area contributed by atoms with E-state index in [1.807, 2.05) is 19.1 Å². The Labute approximate surface area is 144 Å². The number of hydrogen-bond acceptors (Lipinski definition) is 3. The number of hydrogen-bond donors (Lipinski definition) is 0. The smallest absolute Gasteiger partial charge is 0.246 e. The molecule has 0 N–H and O–H groups in total. The molecule has 1 amide bonds. The molecule has 6 heteroatoms. The molecule has 1 aliphatic carbocycles. The highest BCUT2D eigenvalue weighted by Gasteiger charge is 2.35. The number of aryl methyl sites for hydroxylation is 2. The summed E-state index contributed by atoms with van der Waals surface area (Å²) in [4.78, 5) is 14.0. The Bertz CT molecular complexity index is 758. The van der Waals surface area contributed by atoms with Crippen LogP contribution in [0.15, 0.2) is 35.7 Å². The number of benzene rings is 1. The minimum Gasteiger partial charge on any atom is -0.334 e. The fraction of sp³-hybridized carbons (Fsp3) is 0.500. The number of nitrogens with zero attached hydrogens (tertiary/aromatic N) is 2. The van der Waals surface area contributed by atoms with Crippen LogP contribution < -0.4 is 0 Å². The molecule has 1 atom stereocenters. The van der Waals surface area contributed by atoms with Crippen molar-refractivity contribution in [2.45, 2.75) is 43.5 Å². The van der Waals surface area contributed by atoms with Crippen molar-refractivity contribution in [3.8, 4) is 0 Å². The van der Waals surface area contributed by atoms with Crippen molar-refractivity contribution in [2.75, 3.05) is 19.6 Å².